The normalized spacial score (nSPS) is 10.2. The first-order valence-electron chi connectivity index (χ1n) is 4.47. The van der Waals surface area contributed by atoms with Gasteiger partial charge in [-0.1, -0.05) is 0 Å². The van der Waals surface area contributed by atoms with Crippen LogP contribution in [0, 0.1) is 0 Å². The summed E-state index contributed by atoms with van der Waals surface area (Å²) in [6.07, 6.45) is 1.57. The van der Waals surface area contributed by atoms with Gasteiger partial charge in [-0.15, -0.1) is 0 Å². The molecule has 0 aliphatic heterocycles. The van der Waals surface area contributed by atoms with Crippen molar-refractivity contribution in [3.63, 3.8) is 0 Å². The largest absolute Gasteiger partial charge is 0.350 e. The van der Waals surface area contributed by atoms with Gasteiger partial charge in [-0.05, 0) is 35.8 Å². The second-order valence-corrected chi connectivity index (χ2v) is 4.24. The minimum absolute atomic E-state index is 0.0714. The first kappa shape index (κ1) is 11.9. The van der Waals surface area contributed by atoms with Crippen LogP contribution in [-0.2, 0) is 0 Å². The maximum Gasteiger partial charge on any atom is 0.255 e. The number of amides is 1. The number of carbonyl (C=O) groups is 1. The van der Waals surface area contributed by atoms with Crippen LogP contribution in [0.25, 0.3) is 0 Å². The average Bonchev–Trinajstić information content (AvgIpc) is 2.16. The van der Waals surface area contributed by atoms with Crippen molar-refractivity contribution < 1.29 is 4.79 Å². The van der Waals surface area contributed by atoms with E-state index in [2.05, 4.69) is 31.7 Å². The standard InChI is InChI=1S/C9H13BrN4O/c1-5(2)13-9(15)7-3-6(10)4-12-8(7)14-11/h3-5H,11H2,1-2H3,(H,12,14)(H,13,15). The van der Waals surface area contributed by atoms with E-state index < -0.39 is 0 Å². The van der Waals surface area contributed by atoms with Crippen LogP contribution < -0.4 is 16.6 Å². The van der Waals surface area contributed by atoms with Crippen molar-refractivity contribution in [1.82, 2.24) is 10.3 Å². The third kappa shape index (κ3) is 3.17. The number of halogens is 1. The third-order valence-corrected chi connectivity index (χ3v) is 2.09. The lowest BCUT2D eigenvalue weighted by molar-refractivity contribution is 0.0943. The Morgan fingerprint density at radius 1 is 1.60 bits per heavy atom. The number of anilines is 1. The van der Waals surface area contributed by atoms with E-state index in [0.29, 0.717) is 11.4 Å². The van der Waals surface area contributed by atoms with Gasteiger partial charge < -0.3 is 10.7 Å². The quantitative estimate of drug-likeness (QED) is 0.572. The molecule has 0 aliphatic carbocycles. The number of nitrogens with two attached hydrogens (primary N) is 1. The molecule has 4 N–H and O–H groups in total. The summed E-state index contributed by atoms with van der Waals surface area (Å²) in [6.45, 7) is 3.78. The summed E-state index contributed by atoms with van der Waals surface area (Å²) in [6, 6.07) is 1.74. The van der Waals surface area contributed by atoms with E-state index in [1.165, 1.54) is 0 Å². The monoisotopic (exact) mass is 272 g/mol. The molecule has 82 valence electrons. The van der Waals surface area contributed by atoms with E-state index >= 15 is 0 Å². The van der Waals surface area contributed by atoms with Gasteiger partial charge in [0.15, 0.2) is 5.82 Å². The number of hydrazine groups is 1. The highest BCUT2D eigenvalue weighted by molar-refractivity contribution is 9.10. The average molecular weight is 273 g/mol. The Morgan fingerprint density at radius 3 is 2.80 bits per heavy atom. The van der Waals surface area contributed by atoms with Gasteiger partial charge in [-0.25, -0.2) is 10.8 Å². The minimum atomic E-state index is -0.202. The van der Waals surface area contributed by atoms with Crippen LogP contribution in [-0.4, -0.2) is 16.9 Å². The van der Waals surface area contributed by atoms with Gasteiger partial charge in [0.1, 0.15) is 0 Å². The molecular weight excluding hydrogens is 260 g/mol. The van der Waals surface area contributed by atoms with Crippen molar-refractivity contribution >= 4 is 27.7 Å². The summed E-state index contributed by atoms with van der Waals surface area (Å²) in [5, 5.41) is 2.77. The highest BCUT2D eigenvalue weighted by Crippen LogP contribution is 2.17. The highest BCUT2D eigenvalue weighted by atomic mass is 79.9. The van der Waals surface area contributed by atoms with E-state index in [4.69, 9.17) is 5.84 Å². The first-order valence-corrected chi connectivity index (χ1v) is 5.27. The maximum absolute atomic E-state index is 11.7. The second-order valence-electron chi connectivity index (χ2n) is 3.32. The van der Waals surface area contributed by atoms with Crippen molar-refractivity contribution in [1.29, 1.82) is 0 Å². The molecule has 0 fully saturated rings. The molecule has 0 aliphatic rings. The Bertz CT molecular complexity index is 367. The summed E-state index contributed by atoms with van der Waals surface area (Å²) in [5.74, 6) is 5.42. The van der Waals surface area contributed by atoms with Crippen molar-refractivity contribution in [3.05, 3.63) is 22.3 Å². The first-order chi connectivity index (χ1) is 7.04. The molecule has 0 radical (unpaired) electrons. The van der Waals surface area contributed by atoms with E-state index in [-0.39, 0.29) is 11.9 Å². The van der Waals surface area contributed by atoms with E-state index in [9.17, 15) is 4.79 Å². The molecule has 0 aromatic carbocycles. The number of rotatable bonds is 3. The lowest BCUT2D eigenvalue weighted by Crippen LogP contribution is -2.31. The minimum Gasteiger partial charge on any atom is -0.350 e. The Labute approximate surface area is 96.5 Å². The van der Waals surface area contributed by atoms with Crippen molar-refractivity contribution in [2.45, 2.75) is 19.9 Å². The number of pyridine rings is 1. The number of carbonyl (C=O) groups excluding carboxylic acids is 1. The summed E-state index contributed by atoms with van der Waals surface area (Å²) in [7, 11) is 0. The fourth-order valence-corrected chi connectivity index (χ4v) is 1.40. The molecule has 0 saturated carbocycles. The maximum atomic E-state index is 11.7. The second kappa shape index (κ2) is 5.09. The van der Waals surface area contributed by atoms with Gasteiger partial charge in [0.2, 0.25) is 0 Å². The Hall–Kier alpha value is -1.14. The molecule has 1 heterocycles. The Kier molecular flexibility index (Phi) is 4.05. The summed E-state index contributed by atoms with van der Waals surface area (Å²) < 4.78 is 0.732. The van der Waals surface area contributed by atoms with Crippen molar-refractivity contribution in [3.8, 4) is 0 Å². The van der Waals surface area contributed by atoms with Crippen molar-refractivity contribution in [2.75, 3.05) is 5.43 Å². The van der Waals surface area contributed by atoms with Gasteiger partial charge in [-0.3, -0.25) is 4.79 Å². The predicted molar refractivity (Wildman–Crippen MR) is 62.3 cm³/mol. The molecule has 0 saturated heterocycles. The Balaban J connectivity index is 3.00. The lowest BCUT2D eigenvalue weighted by atomic mass is 10.2. The number of hydrogen-bond donors (Lipinski definition) is 3. The van der Waals surface area contributed by atoms with Gasteiger partial charge >= 0.3 is 0 Å². The van der Waals surface area contributed by atoms with Gasteiger partial charge in [0.05, 0.1) is 5.56 Å². The fraction of sp³-hybridized carbons (Fsp3) is 0.333. The predicted octanol–water partition coefficient (Wildman–Crippen LogP) is 1.27. The summed E-state index contributed by atoms with van der Waals surface area (Å²) in [4.78, 5) is 15.7. The number of nitrogens with zero attached hydrogens (tertiary/aromatic N) is 1. The number of aromatic nitrogens is 1. The summed E-state index contributed by atoms with van der Waals surface area (Å²) >= 11 is 3.25. The molecule has 0 unspecified atom stereocenters. The number of nitrogen functional groups attached to an aromatic ring is 1. The molecule has 6 heteroatoms. The molecule has 0 bridgehead atoms. The van der Waals surface area contributed by atoms with Gasteiger partial charge in [0, 0.05) is 16.7 Å². The van der Waals surface area contributed by atoms with E-state index in [0.717, 1.165) is 4.47 Å². The van der Waals surface area contributed by atoms with E-state index in [1.807, 2.05) is 13.8 Å². The van der Waals surface area contributed by atoms with Crippen LogP contribution in [0.1, 0.15) is 24.2 Å². The van der Waals surface area contributed by atoms with Crippen LogP contribution in [0.3, 0.4) is 0 Å². The van der Waals surface area contributed by atoms with E-state index in [1.54, 1.807) is 12.3 Å². The number of hydrogen-bond acceptors (Lipinski definition) is 4. The molecule has 1 aromatic rings. The topological polar surface area (TPSA) is 80.0 Å². The molecule has 1 rings (SSSR count). The highest BCUT2D eigenvalue weighted by Gasteiger charge is 2.13. The SMILES string of the molecule is CC(C)NC(=O)c1cc(Br)cnc1NN. The summed E-state index contributed by atoms with van der Waals surface area (Å²) in [5.41, 5.74) is 2.80. The van der Waals surface area contributed by atoms with Crippen LogP contribution >= 0.6 is 15.9 Å². The third-order valence-electron chi connectivity index (χ3n) is 1.66. The van der Waals surface area contributed by atoms with Crippen LogP contribution in [0.5, 0.6) is 0 Å². The van der Waals surface area contributed by atoms with Crippen LogP contribution in [0.2, 0.25) is 0 Å². The zero-order chi connectivity index (χ0) is 11.4. The zero-order valence-electron chi connectivity index (χ0n) is 8.54. The van der Waals surface area contributed by atoms with Gasteiger partial charge in [0.25, 0.3) is 5.91 Å². The number of nitrogens with one attached hydrogen (secondary N) is 2. The molecular formula is C9H13BrN4O. The van der Waals surface area contributed by atoms with Gasteiger partial charge in [-0.2, -0.15) is 0 Å². The van der Waals surface area contributed by atoms with Crippen LogP contribution in [0.15, 0.2) is 16.7 Å². The Morgan fingerprint density at radius 2 is 2.27 bits per heavy atom. The molecule has 0 atom stereocenters. The fourth-order valence-electron chi connectivity index (χ4n) is 1.07. The molecule has 0 spiro atoms. The molecule has 5 nitrogen and oxygen atoms in total. The smallest absolute Gasteiger partial charge is 0.255 e. The van der Waals surface area contributed by atoms with Crippen molar-refractivity contribution in [2.24, 2.45) is 5.84 Å². The van der Waals surface area contributed by atoms with Crippen LogP contribution in [0.4, 0.5) is 5.82 Å². The molecule has 1 amide bonds. The zero-order valence-corrected chi connectivity index (χ0v) is 10.1. The molecule has 15 heavy (non-hydrogen) atoms. The molecule has 1 aromatic heterocycles. The lowest BCUT2D eigenvalue weighted by Gasteiger charge is -2.11.